The molecule has 0 aliphatic rings. The maximum Gasteiger partial charge on any atom is 0.264 e. The summed E-state index contributed by atoms with van der Waals surface area (Å²) in [6.07, 6.45) is 0. The van der Waals surface area contributed by atoms with Crippen LogP contribution >= 0.6 is 27.5 Å². The van der Waals surface area contributed by atoms with Crippen LogP contribution < -0.4 is 9.62 Å². The third-order valence-electron chi connectivity index (χ3n) is 5.92. The molecule has 3 rings (SSSR count). The molecule has 3 aromatic rings. The van der Waals surface area contributed by atoms with Crippen molar-refractivity contribution in [2.75, 3.05) is 10.8 Å². The molecular weight excluding hydrogens is 602 g/mol. The molecule has 0 radical (unpaired) electrons. The maximum atomic E-state index is 14.0. The van der Waals surface area contributed by atoms with Gasteiger partial charge in [-0.2, -0.15) is 0 Å². The van der Waals surface area contributed by atoms with E-state index in [1.807, 2.05) is 52.0 Å². The van der Waals surface area contributed by atoms with Gasteiger partial charge >= 0.3 is 0 Å². The van der Waals surface area contributed by atoms with Crippen molar-refractivity contribution in [2.45, 2.75) is 57.6 Å². The highest BCUT2D eigenvalue weighted by atomic mass is 79.9. The molecule has 1 atom stereocenters. The molecule has 0 spiro atoms. The van der Waals surface area contributed by atoms with Gasteiger partial charge < -0.3 is 10.2 Å². The zero-order chi connectivity index (χ0) is 29.0. The second-order valence-corrected chi connectivity index (χ2v) is 13.5. The molecule has 3 aromatic carbocycles. The minimum Gasteiger partial charge on any atom is -0.350 e. The Hall–Kier alpha value is -2.88. The minimum absolute atomic E-state index is 0.0258. The fourth-order valence-electron chi connectivity index (χ4n) is 3.89. The quantitative estimate of drug-likeness (QED) is 0.316. The van der Waals surface area contributed by atoms with Crippen molar-refractivity contribution >= 4 is 55.1 Å². The van der Waals surface area contributed by atoms with E-state index < -0.39 is 34.1 Å². The first-order chi connectivity index (χ1) is 18.2. The highest BCUT2D eigenvalue weighted by Gasteiger charge is 2.34. The average molecular weight is 635 g/mol. The largest absolute Gasteiger partial charge is 0.350 e. The summed E-state index contributed by atoms with van der Waals surface area (Å²) in [5.74, 6) is -0.904. The molecule has 0 saturated heterocycles. The first-order valence-corrected chi connectivity index (χ1v) is 15.0. The number of amides is 2. The van der Waals surface area contributed by atoms with Gasteiger partial charge in [0.1, 0.15) is 12.6 Å². The Morgan fingerprint density at radius 3 is 2.23 bits per heavy atom. The molecule has 0 fully saturated rings. The molecular formula is C29H33BrClN3O4S. The molecule has 7 nitrogen and oxygen atoms in total. The Balaban J connectivity index is 2.05. The van der Waals surface area contributed by atoms with Crippen LogP contribution in [0.4, 0.5) is 5.69 Å². The Morgan fingerprint density at radius 1 is 1.00 bits per heavy atom. The van der Waals surface area contributed by atoms with Crippen LogP contribution in [0, 0.1) is 6.92 Å². The summed E-state index contributed by atoms with van der Waals surface area (Å²) in [4.78, 5) is 28.5. The molecule has 0 heterocycles. The number of aryl methyl sites for hydroxylation is 1. The van der Waals surface area contributed by atoms with Gasteiger partial charge in [0.25, 0.3) is 10.0 Å². The van der Waals surface area contributed by atoms with Gasteiger partial charge in [-0.15, -0.1) is 0 Å². The summed E-state index contributed by atoms with van der Waals surface area (Å²) >= 11 is 9.88. The van der Waals surface area contributed by atoms with Crippen molar-refractivity contribution in [3.8, 4) is 0 Å². The first-order valence-electron chi connectivity index (χ1n) is 12.4. The van der Waals surface area contributed by atoms with E-state index in [4.69, 9.17) is 11.6 Å². The molecule has 0 bridgehead atoms. The van der Waals surface area contributed by atoms with E-state index in [9.17, 15) is 18.0 Å². The van der Waals surface area contributed by atoms with Gasteiger partial charge in [-0.25, -0.2) is 8.42 Å². The van der Waals surface area contributed by atoms with Crippen LogP contribution in [0.25, 0.3) is 0 Å². The van der Waals surface area contributed by atoms with E-state index in [1.165, 1.54) is 17.0 Å². The van der Waals surface area contributed by atoms with Gasteiger partial charge in [0.2, 0.25) is 11.8 Å². The van der Waals surface area contributed by atoms with Crippen molar-refractivity contribution in [3.05, 3.63) is 93.4 Å². The molecule has 208 valence electrons. The Morgan fingerprint density at radius 2 is 1.64 bits per heavy atom. The third kappa shape index (κ3) is 8.06. The zero-order valence-corrected chi connectivity index (χ0v) is 25.8. The number of hydrogen-bond acceptors (Lipinski definition) is 4. The SMILES string of the molecule is Cc1ccc(S(=O)(=O)N(CC(=O)N(Cc2cccc(Br)c2)[C@H](C)C(=O)NC(C)(C)C)c2ccccc2Cl)cc1. The second-order valence-electron chi connectivity index (χ2n) is 10.3. The first kappa shape index (κ1) is 30.7. The van der Waals surface area contributed by atoms with Crippen LogP contribution in [0.15, 0.2) is 82.2 Å². The van der Waals surface area contributed by atoms with E-state index >= 15 is 0 Å². The predicted molar refractivity (Wildman–Crippen MR) is 159 cm³/mol. The fourth-order valence-corrected chi connectivity index (χ4v) is 6.06. The summed E-state index contributed by atoms with van der Waals surface area (Å²) in [5.41, 5.74) is 1.32. The summed E-state index contributed by atoms with van der Waals surface area (Å²) < 4.78 is 29.5. The van der Waals surface area contributed by atoms with E-state index in [1.54, 1.807) is 43.3 Å². The topological polar surface area (TPSA) is 86.8 Å². The number of rotatable bonds is 9. The van der Waals surface area contributed by atoms with Crippen LogP contribution in [0.5, 0.6) is 0 Å². The Bertz CT molecular complexity index is 1440. The van der Waals surface area contributed by atoms with Crippen LogP contribution in [0.2, 0.25) is 5.02 Å². The van der Waals surface area contributed by atoms with Crippen molar-refractivity contribution < 1.29 is 18.0 Å². The van der Waals surface area contributed by atoms with E-state index in [2.05, 4.69) is 21.2 Å². The number of nitrogens with zero attached hydrogens (tertiary/aromatic N) is 2. The fraction of sp³-hybridized carbons (Fsp3) is 0.310. The molecule has 39 heavy (non-hydrogen) atoms. The number of benzene rings is 3. The van der Waals surface area contributed by atoms with E-state index in [0.29, 0.717) is 0 Å². The van der Waals surface area contributed by atoms with Gasteiger partial charge in [0.05, 0.1) is 15.6 Å². The minimum atomic E-state index is -4.18. The molecule has 0 unspecified atom stereocenters. The Labute approximate surface area is 244 Å². The molecule has 0 aromatic heterocycles. The number of sulfonamides is 1. The zero-order valence-electron chi connectivity index (χ0n) is 22.6. The lowest BCUT2D eigenvalue weighted by Crippen LogP contribution is -2.54. The van der Waals surface area contributed by atoms with Crippen LogP contribution in [-0.2, 0) is 26.2 Å². The number of halogens is 2. The average Bonchev–Trinajstić information content (AvgIpc) is 2.85. The molecule has 2 amide bonds. The van der Waals surface area contributed by atoms with Gasteiger partial charge in [-0.3, -0.25) is 13.9 Å². The van der Waals surface area contributed by atoms with Crippen molar-refractivity contribution in [2.24, 2.45) is 0 Å². The van der Waals surface area contributed by atoms with Crippen LogP contribution in [-0.4, -0.2) is 43.3 Å². The van der Waals surface area contributed by atoms with Gasteiger partial charge in [-0.05, 0) is 76.6 Å². The van der Waals surface area contributed by atoms with Crippen molar-refractivity contribution in [1.82, 2.24) is 10.2 Å². The molecule has 0 aliphatic carbocycles. The number of anilines is 1. The van der Waals surface area contributed by atoms with Gasteiger partial charge in [0, 0.05) is 16.6 Å². The van der Waals surface area contributed by atoms with E-state index in [0.717, 1.165) is 19.9 Å². The highest BCUT2D eigenvalue weighted by molar-refractivity contribution is 9.10. The smallest absolute Gasteiger partial charge is 0.264 e. The number of nitrogens with one attached hydrogen (secondary N) is 1. The lowest BCUT2D eigenvalue weighted by atomic mass is 10.1. The summed E-state index contributed by atoms with van der Waals surface area (Å²) in [6.45, 7) is 8.59. The normalized spacial score (nSPS) is 12.5. The highest BCUT2D eigenvalue weighted by Crippen LogP contribution is 2.31. The number of carbonyl (C=O) groups excluding carboxylic acids is 2. The molecule has 10 heteroatoms. The lowest BCUT2D eigenvalue weighted by Gasteiger charge is -2.33. The standard InChI is InChI=1S/C29H33BrClN3O4S/c1-20-13-15-24(16-14-20)39(37,38)34(26-12-7-6-11-25(26)31)19-27(35)33(18-22-9-8-10-23(30)17-22)21(2)28(36)32-29(3,4)5/h6-17,21H,18-19H2,1-5H3,(H,32,36)/t21-/m1/s1. The van der Waals surface area contributed by atoms with Gasteiger partial charge in [0.15, 0.2) is 0 Å². The lowest BCUT2D eigenvalue weighted by molar-refractivity contribution is -0.140. The summed E-state index contributed by atoms with van der Waals surface area (Å²) in [6, 6.07) is 19.3. The number of para-hydroxylation sites is 1. The predicted octanol–water partition coefficient (Wildman–Crippen LogP) is 5.94. The molecule has 0 aliphatic heterocycles. The summed E-state index contributed by atoms with van der Waals surface area (Å²) in [7, 11) is -4.18. The molecule has 1 N–H and O–H groups in total. The van der Waals surface area contributed by atoms with Crippen molar-refractivity contribution in [1.29, 1.82) is 0 Å². The van der Waals surface area contributed by atoms with Crippen molar-refractivity contribution in [3.63, 3.8) is 0 Å². The summed E-state index contributed by atoms with van der Waals surface area (Å²) in [5, 5.41) is 3.09. The molecule has 0 saturated carbocycles. The monoisotopic (exact) mass is 633 g/mol. The van der Waals surface area contributed by atoms with E-state index in [-0.39, 0.29) is 28.1 Å². The third-order valence-corrected chi connectivity index (χ3v) is 8.50. The van der Waals surface area contributed by atoms with Crippen LogP contribution in [0.3, 0.4) is 0 Å². The second kappa shape index (κ2) is 12.5. The number of hydrogen-bond donors (Lipinski definition) is 1. The van der Waals surface area contributed by atoms with Gasteiger partial charge in [-0.1, -0.05) is 69.5 Å². The Kier molecular flexibility index (Phi) is 9.85. The number of carbonyl (C=O) groups is 2. The maximum absolute atomic E-state index is 14.0. The van der Waals surface area contributed by atoms with Crippen LogP contribution in [0.1, 0.15) is 38.8 Å².